The molecule has 0 radical (unpaired) electrons. The van der Waals surface area contributed by atoms with Gasteiger partial charge in [-0.15, -0.1) is 5.54 Å². The van der Waals surface area contributed by atoms with Crippen LogP contribution in [0.1, 0.15) is 16.7 Å². The molecule has 0 saturated carbocycles. The zero-order chi connectivity index (χ0) is 24.1. The fraction of sp³-hybridized carbons (Fsp3) is 0.250. The van der Waals surface area contributed by atoms with Gasteiger partial charge in [0.2, 0.25) is 0 Å². The summed E-state index contributed by atoms with van der Waals surface area (Å²) >= 11 is 1.41. The van der Waals surface area contributed by atoms with E-state index in [4.69, 9.17) is 9.72 Å². The van der Waals surface area contributed by atoms with Crippen LogP contribution in [0.2, 0.25) is 19.6 Å². The van der Waals surface area contributed by atoms with Crippen molar-refractivity contribution in [2.45, 2.75) is 32.6 Å². The minimum atomic E-state index is -1.45. The first-order chi connectivity index (χ1) is 16.3. The lowest BCUT2D eigenvalue weighted by molar-refractivity contribution is 0.414. The van der Waals surface area contributed by atoms with E-state index in [0.717, 1.165) is 35.0 Å². The van der Waals surface area contributed by atoms with Gasteiger partial charge in [0.05, 0.1) is 17.3 Å². The van der Waals surface area contributed by atoms with E-state index in [1.807, 2.05) is 18.2 Å². The summed E-state index contributed by atoms with van der Waals surface area (Å²) in [6.07, 6.45) is 0.845. The first-order valence-electron chi connectivity index (χ1n) is 11.4. The van der Waals surface area contributed by atoms with E-state index in [2.05, 4.69) is 72.4 Å². The Balaban J connectivity index is 1.61. The molecule has 0 amide bonds. The van der Waals surface area contributed by atoms with Crippen LogP contribution < -0.4 is 9.64 Å². The third kappa shape index (κ3) is 6.25. The summed E-state index contributed by atoms with van der Waals surface area (Å²) in [5.41, 5.74) is 7.55. The molecular formula is C28H29FN2OSSi. The highest BCUT2D eigenvalue weighted by Crippen LogP contribution is 2.31. The van der Waals surface area contributed by atoms with Gasteiger partial charge in [0.15, 0.2) is 5.13 Å². The van der Waals surface area contributed by atoms with Crippen molar-refractivity contribution >= 4 is 34.8 Å². The van der Waals surface area contributed by atoms with Crippen molar-refractivity contribution < 1.29 is 9.13 Å². The molecule has 0 spiro atoms. The number of fused-ring (bicyclic) bond motifs is 1. The number of nitrogens with zero attached hydrogens (tertiary/aromatic N) is 2. The first-order valence-corrected chi connectivity index (χ1v) is 15.7. The lowest BCUT2D eigenvalue weighted by Crippen LogP contribution is -2.25. The normalized spacial score (nSPS) is 11.2. The van der Waals surface area contributed by atoms with E-state index < -0.39 is 8.07 Å². The number of thiazole rings is 1. The molecule has 0 bridgehead atoms. The SMILES string of the molecule is COc1ccc(CCN(Cc2cccc(C#C[Si](C)(C)C)c2)c2nc3cccc(F)c3s2)cc1. The van der Waals surface area contributed by atoms with Crippen molar-refractivity contribution in [3.8, 4) is 17.2 Å². The van der Waals surface area contributed by atoms with E-state index in [-0.39, 0.29) is 5.82 Å². The first kappa shape index (κ1) is 24.0. The van der Waals surface area contributed by atoms with Crippen LogP contribution >= 0.6 is 11.3 Å². The molecule has 0 unspecified atom stereocenters. The van der Waals surface area contributed by atoms with Crippen LogP contribution in [0, 0.1) is 17.3 Å². The van der Waals surface area contributed by atoms with Gasteiger partial charge in [-0.25, -0.2) is 9.37 Å². The van der Waals surface area contributed by atoms with Crippen LogP contribution in [0.3, 0.4) is 0 Å². The van der Waals surface area contributed by atoms with E-state index in [0.29, 0.717) is 16.8 Å². The Morgan fingerprint density at radius 2 is 1.76 bits per heavy atom. The Morgan fingerprint density at radius 1 is 1.00 bits per heavy atom. The lowest BCUT2D eigenvalue weighted by atomic mass is 10.1. The monoisotopic (exact) mass is 488 g/mol. The largest absolute Gasteiger partial charge is 0.497 e. The maximum absolute atomic E-state index is 14.4. The zero-order valence-electron chi connectivity index (χ0n) is 20.1. The minimum Gasteiger partial charge on any atom is -0.497 e. The van der Waals surface area contributed by atoms with Gasteiger partial charge in [-0.05, 0) is 53.9 Å². The zero-order valence-corrected chi connectivity index (χ0v) is 21.9. The number of halogens is 1. The highest BCUT2D eigenvalue weighted by atomic mass is 32.1. The maximum atomic E-state index is 14.4. The fourth-order valence-electron chi connectivity index (χ4n) is 3.57. The molecule has 3 nitrogen and oxygen atoms in total. The summed E-state index contributed by atoms with van der Waals surface area (Å²) in [6.45, 7) is 8.18. The number of hydrogen-bond acceptors (Lipinski definition) is 4. The molecule has 0 N–H and O–H groups in total. The molecule has 1 heterocycles. The van der Waals surface area contributed by atoms with E-state index in [1.165, 1.54) is 23.0 Å². The van der Waals surface area contributed by atoms with Crippen molar-refractivity contribution in [1.29, 1.82) is 0 Å². The fourth-order valence-corrected chi connectivity index (χ4v) is 5.08. The van der Waals surface area contributed by atoms with Gasteiger partial charge in [0.1, 0.15) is 19.6 Å². The van der Waals surface area contributed by atoms with Crippen LogP contribution in [0.15, 0.2) is 66.7 Å². The third-order valence-electron chi connectivity index (χ3n) is 5.34. The maximum Gasteiger partial charge on any atom is 0.186 e. The summed E-state index contributed by atoms with van der Waals surface area (Å²) in [5, 5.41) is 0.826. The van der Waals surface area contributed by atoms with Crippen LogP contribution in [-0.2, 0) is 13.0 Å². The summed E-state index contributed by atoms with van der Waals surface area (Å²) in [4.78, 5) is 7.00. The average Bonchev–Trinajstić information content (AvgIpc) is 3.26. The molecule has 0 aliphatic carbocycles. The minimum absolute atomic E-state index is 0.222. The quantitative estimate of drug-likeness (QED) is 0.208. The second-order valence-corrected chi connectivity index (χ2v) is 15.0. The van der Waals surface area contributed by atoms with E-state index in [9.17, 15) is 4.39 Å². The molecule has 174 valence electrons. The summed E-state index contributed by atoms with van der Waals surface area (Å²) < 4.78 is 20.3. The topological polar surface area (TPSA) is 25.4 Å². The molecule has 3 aromatic carbocycles. The third-order valence-corrected chi connectivity index (χ3v) is 7.35. The predicted molar refractivity (Wildman–Crippen MR) is 144 cm³/mol. The molecular weight excluding hydrogens is 459 g/mol. The van der Waals surface area contributed by atoms with Gasteiger partial charge in [0.25, 0.3) is 0 Å². The number of ether oxygens (including phenoxy) is 1. The summed E-state index contributed by atoms with van der Waals surface area (Å²) in [7, 11) is 0.224. The van der Waals surface area contributed by atoms with Crippen LogP contribution in [0.4, 0.5) is 9.52 Å². The summed E-state index contributed by atoms with van der Waals surface area (Å²) in [5.74, 6) is 3.98. The smallest absolute Gasteiger partial charge is 0.186 e. The molecule has 34 heavy (non-hydrogen) atoms. The summed E-state index contributed by atoms with van der Waals surface area (Å²) in [6, 6.07) is 21.6. The molecule has 0 aliphatic rings. The van der Waals surface area contributed by atoms with E-state index in [1.54, 1.807) is 13.2 Å². The highest BCUT2D eigenvalue weighted by molar-refractivity contribution is 7.22. The molecule has 4 rings (SSSR count). The molecule has 0 fully saturated rings. The number of methoxy groups -OCH3 is 1. The van der Waals surface area contributed by atoms with Crippen LogP contribution in [0.5, 0.6) is 5.75 Å². The molecule has 4 aromatic rings. The molecule has 0 atom stereocenters. The number of rotatable bonds is 7. The van der Waals surface area contributed by atoms with Crippen molar-refractivity contribution in [1.82, 2.24) is 4.98 Å². The molecule has 0 aliphatic heterocycles. The van der Waals surface area contributed by atoms with Gasteiger partial charge in [-0.3, -0.25) is 0 Å². The number of aromatic nitrogens is 1. The number of anilines is 1. The van der Waals surface area contributed by atoms with Crippen molar-refractivity contribution in [3.05, 3.63) is 89.2 Å². The standard InChI is InChI=1S/C28H29FN2OSSi/c1-32-24-13-11-21(12-14-24)15-17-31(28-30-26-10-6-9-25(29)27(26)33-28)20-23-8-5-7-22(19-23)16-18-34(2,3)4/h5-14,19H,15,17,20H2,1-4H3. The van der Waals surface area contributed by atoms with Crippen LogP contribution in [0.25, 0.3) is 10.2 Å². The van der Waals surface area contributed by atoms with Gasteiger partial charge >= 0.3 is 0 Å². The number of benzene rings is 3. The van der Waals surface area contributed by atoms with Crippen molar-refractivity contribution in [2.24, 2.45) is 0 Å². The highest BCUT2D eigenvalue weighted by Gasteiger charge is 2.15. The van der Waals surface area contributed by atoms with Gasteiger partial charge in [-0.2, -0.15) is 0 Å². The Morgan fingerprint density at radius 3 is 2.47 bits per heavy atom. The van der Waals surface area contributed by atoms with Crippen LogP contribution in [-0.4, -0.2) is 26.7 Å². The van der Waals surface area contributed by atoms with Gasteiger partial charge in [0, 0.05) is 18.7 Å². The van der Waals surface area contributed by atoms with Gasteiger partial charge < -0.3 is 9.64 Å². The Bertz CT molecular complexity index is 1330. The average molecular weight is 489 g/mol. The molecule has 6 heteroatoms. The number of hydrogen-bond donors (Lipinski definition) is 0. The Kier molecular flexibility index (Phi) is 7.35. The lowest BCUT2D eigenvalue weighted by Gasteiger charge is -2.22. The molecule has 1 aromatic heterocycles. The predicted octanol–water partition coefficient (Wildman–Crippen LogP) is 6.92. The Labute approximate surface area is 206 Å². The van der Waals surface area contributed by atoms with Crippen molar-refractivity contribution in [2.75, 3.05) is 18.6 Å². The molecule has 0 saturated heterocycles. The van der Waals surface area contributed by atoms with Gasteiger partial charge in [-0.1, -0.05) is 67.2 Å². The van der Waals surface area contributed by atoms with E-state index >= 15 is 0 Å². The second kappa shape index (κ2) is 10.4. The van der Waals surface area contributed by atoms with Crippen molar-refractivity contribution in [3.63, 3.8) is 0 Å². The Hall–Kier alpha value is -3.14. The second-order valence-electron chi connectivity index (χ2n) is 9.30.